The zero-order chi connectivity index (χ0) is 18.4. The Bertz CT molecular complexity index is 512. The van der Waals surface area contributed by atoms with Crippen LogP contribution in [0.1, 0.15) is 24.1 Å². The van der Waals surface area contributed by atoms with Crippen LogP contribution >= 0.6 is 0 Å². The third-order valence-electron chi connectivity index (χ3n) is 2.57. The van der Waals surface area contributed by atoms with Crippen molar-refractivity contribution in [1.82, 2.24) is 0 Å². The summed E-state index contributed by atoms with van der Waals surface area (Å²) in [6.45, 7) is 1.72. The smallest absolute Gasteiger partial charge is 0.416 e. The number of hydrogen-bond donors (Lipinski definition) is 5. The van der Waals surface area contributed by atoms with E-state index in [9.17, 15) is 22.8 Å². The molecule has 3 unspecified atom stereocenters. The van der Waals surface area contributed by atoms with Gasteiger partial charge in [-0.05, 0) is 24.6 Å². The molecule has 0 saturated carbocycles. The van der Waals surface area contributed by atoms with Crippen LogP contribution in [0.25, 0.3) is 0 Å². The number of rotatable bonds is 4. The SMILES string of the molecule is CC(N)c1ccc(C(F)(F)F)cc1.O=C(O)C(O)C(O)C(=O)O. The number of carboxylic acid groups (broad SMARTS) is 2. The lowest BCUT2D eigenvalue weighted by molar-refractivity contribution is -0.165. The maximum absolute atomic E-state index is 12.1. The average molecular weight is 339 g/mol. The van der Waals surface area contributed by atoms with Gasteiger partial charge in [-0.15, -0.1) is 0 Å². The summed E-state index contributed by atoms with van der Waals surface area (Å²) in [5.74, 6) is -3.54. The molecule has 130 valence electrons. The highest BCUT2D eigenvalue weighted by Gasteiger charge is 2.30. The van der Waals surface area contributed by atoms with Gasteiger partial charge in [0.2, 0.25) is 0 Å². The topological polar surface area (TPSA) is 141 Å². The van der Waals surface area contributed by atoms with Gasteiger partial charge in [-0.3, -0.25) is 0 Å². The molecule has 1 aromatic rings. The highest BCUT2D eigenvalue weighted by atomic mass is 19.4. The molecule has 0 aromatic heterocycles. The van der Waals surface area contributed by atoms with E-state index in [4.69, 9.17) is 26.2 Å². The minimum absolute atomic E-state index is 0.234. The summed E-state index contributed by atoms with van der Waals surface area (Å²) in [5.41, 5.74) is 5.55. The second-order valence-electron chi connectivity index (χ2n) is 4.47. The fourth-order valence-electron chi connectivity index (χ4n) is 1.25. The van der Waals surface area contributed by atoms with Gasteiger partial charge in [0, 0.05) is 6.04 Å². The minimum atomic E-state index is -4.27. The number of benzene rings is 1. The first-order valence-corrected chi connectivity index (χ1v) is 6.12. The Balaban J connectivity index is 0.000000438. The molecule has 0 aliphatic heterocycles. The molecule has 10 heteroatoms. The summed E-state index contributed by atoms with van der Waals surface area (Å²) in [5, 5.41) is 32.5. The Kier molecular flexibility index (Phi) is 7.66. The number of hydrogen-bond acceptors (Lipinski definition) is 5. The highest BCUT2D eigenvalue weighted by molar-refractivity contribution is 5.83. The molecule has 6 N–H and O–H groups in total. The number of carbonyl (C=O) groups is 2. The number of carboxylic acids is 2. The van der Waals surface area contributed by atoms with E-state index < -0.39 is 35.9 Å². The largest absolute Gasteiger partial charge is 0.479 e. The van der Waals surface area contributed by atoms with Gasteiger partial charge < -0.3 is 26.2 Å². The summed E-state index contributed by atoms with van der Waals surface area (Å²) < 4.78 is 36.3. The normalized spacial score (nSPS) is 14.9. The Hall–Kier alpha value is -2.17. The van der Waals surface area contributed by atoms with E-state index in [-0.39, 0.29) is 6.04 Å². The predicted molar refractivity (Wildman–Crippen MR) is 71.3 cm³/mol. The third-order valence-corrected chi connectivity index (χ3v) is 2.57. The Morgan fingerprint density at radius 2 is 1.35 bits per heavy atom. The summed E-state index contributed by atoms with van der Waals surface area (Å²) in [7, 11) is 0. The zero-order valence-corrected chi connectivity index (χ0v) is 11.9. The molecule has 0 saturated heterocycles. The maximum atomic E-state index is 12.1. The van der Waals surface area contributed by atoms with Gasteiger partial charge in [0.15, 0.2) is 12.2 Å². The molecule has 23 heavy (non-hydrogen) atoms. The van der Waals surface area contributed by atoms with Crippen molar-refractivity contribution in [2.24, 2.45) is 5.73 Å². The van der Waals surface area contributed by atoms with Crippen molar-refractivity contribution in [3.8, 4) is 0 Å². The van der Waals surface area contributed by atoms with Gasteiger partial charge in [-0.1, -0.05) is 12.1 Å². The van der Waals surface area contributed by atoms with Crippen molar-refractivity contribution >= 4 is 11.9 Å². The number of halogens is 3. The molecule has 0 fully saturated rings. The standard InChI is InChI=1S/C9H10F3N.C4H6O6/c1-6(13)7-2-4-8(5-3-7)9(10,11)12;5-1(3(7)8)2(6)4(9)10/h2-6H,13H2,1H3;1-2,5-6H,(H,7,8)(H,9,10). The molecule has 0 bridgehead atoms. The van der Waals surface area contributed by atoms with Crippen LogP contribution in [0.15, 0.2) is 24.3 Å². The number of nitrogens with two attached hydrogens (primary N) is 1. The molecule has 0 heterocycles. The van der Waals surface area contributed by atoms with E-state index in [1.165, 1.54) is 12.1 Å². The van der Waals surface area contributed by atoms with Gasteiger partial charge in [0.1, 0.15) is 0 Å². The Morgan fingerprint density at radius 3 is 1.57 bits per heavy atom. The molecule has 1 rings (SSSR count). The van der Waals surface area contributed by atoms with E-state index in [0.29, 0.717) is 5.56 Å². The fourth-order valence-corrected chi connectivity index (χ4v) is 1.25. The molecule has 0 aliphatic rings. The van der Waals surface area contributed by atoms with Crippen molar-refractivity contribution in [2.75, 3.05) is 0 Å². The number of aliphatic hydroxyl groups is 2. The van der Waals surface area contributed by atoms with E-state index in [2.05, 4.69) is 0 Å². The minimum Gasteiger partial charge on any atom is -0.479 e. The van der Waals surface area contributed by atoms with Crippen LogP contribution in [-0.2, 0) is 15.8 Å². The highest BCUT2D eigenvalue weighted by Crippen LogP contribution is 2.29. The molecule has 1 aromatic carbocycles. The van der Waals surface area contributed by atoms with Crippen molar-refractivity contribution in [3.63, 3.8) is 0 Å². The monoisotopic (exact) mass is 339 g/mol. The lowest BCUT2D eigenvalue weighted by Crippen LogP contribution is -2.39. The van der Waals surface area contributed by atoms with Crippen LogP contribution in [0.2, 0.25) is 0 Å². The second kappa shape index (κ2) is 8.46. The summed E-state index contributed by atoms with van der Waals surface area (Å²) >= 11 is 0. The first kappa shape index (κ1) is 20.8. The van der Waals surface area contributed by atoms with Gasteiger partial charge >= 0.3 is 18.1 Å². The van der Waals surface area contributed by atoms with Gasteiger partial charge in [-0.25, -0.2) is 9.59 Å². The Morgan fingerprint density at radius 1 is 1.00 bits per heavy atom. The predicted octanol–water partition coefficient (Wildman–Crippen LogP) is 0.603. The summed E-state index contributed by atoms with van der Waals surface area (Å²) in [6, 6.07) is 4.64. The van der Waals surface area contributed by atoms with E-state index in [1.54, 1.807) is 6.92 Å². The van der Waals surface area contributed by atoms with Gasteiger partial charge in [0.05, 0.1) is 5.56 Å². The summed E-state index contributed by atoms with van der Waals surface area (Å²) in [6.07, 6.45) is -8.80. The van der Waals surface area contributed by atoms with Crippen LogP contribution in [0, 0.1) is 0 Å². The van der Waals surface area contributed by atoms with Crippen molar-refractivity contribution in [1.29, 1.82) is 0 Å². The molecular weight excluding hydrogens is 323 g/mol. The van der Waals surface area contributed by atoms with E-state index in [1.807, 2.05) is 0 Å². The van der Waals surface area contributed by atoms with Crippen LogP contribution in [0.3, 0.4) is 0 Å². The second-order valence-corrected chi connectivity index (χ2v) is 4.47. The lowest BCUT2D eigenvalue weighted by atomic mass is 10.1. The van der Waals surface area contributed by atoms with Crippen LogP contribution < -0.4 is 5.73 Å². The first-order valence-electron chi connectivity index (χ1n) is 6.12. The van der Waals surface area contributed by atoms with E-state index >= 15 is 0 Å². The van der Waals surface area contributed by atoms with Gasteiger partial charge in [0.25, 0.3) is 0 Å². The van der Waals surface area contributed by atoms with Crippen molar-refractivity contribution < 1.29 is 43.2 Å². The quantitative estimate of drug-likeness (QED) is 0.541. The number of aliphatic carboxylic acids is 2. The molecule has 0 radical (unpaired) electrons. The van der Waals surface area contributed by atoms with Crippen LogP contribution in [-0.4, -0.2) is 44.6 Å². The molecule has 3 atom stereocenters. The van der Waals surface area contributed by atoms with Crippen molar-refractivity contribution in [2.45, 2.75) is 31.3 Å². The molecule has 0 spiro atoms. The summed E-state index contributed by atoms with van der Waals surface area (Å²) in [4.78, 5) is 19.5. The van der Waals surface area contributed by atoms with Gasteiger partial charge in [-0.2, -0.15) is 13.2 Å². The number of aliphatic hydroxyl groups excluding tert-OH is 2. The Labute approximate surface area is 128 Å². The molecular formula is C13H16F3NO6. The molecule has 7 nitrogen and oxygen atoms in total. The molecule has 0 amide bonds. The lowest BCUT2D eigenvalue weighted by Gasteiger charge is -2.09. The first-order chi connectivity index (χ1) is 10.4. The maximum Gasteiger partial charge on any atom is 0.416 e. The van der Waals surface area contributed by atoms with Crippen LogP contribution in [0.5, 0.6) is 0 Å². The average Bonchev–Trinajstić information content (AvgIpc) is 2.45. The zero-order valence-electron chi connectivity index (χ0n) is 11.9. The number of alkyl halides is 3. The van der Waals surface area contributed by atoms with Crippen LogP contribution in [0.4, 0.5) is 13.2 Å². The van der Waals surface area contributed by atoms with E-state index in [0.717, 1.165) is 12.1 Å². The van der Waals surface area contributed by atoms with Crippen molar-refractivity contribution in [3.05, 3.63) is 35.4 Å². The fraction of sp³-hybridized carbons (Fsp3) is 0.385. The molecule has 0 aliphatic carbocycles. The third kappa shape index (κ3) is 7.08.